The molecule has 6 nitrogen and oxygen atoms in total. The molecule has 0 fully saturated rings. The number of ether oxygens (including phenoxy) is 1. The maximum atomic E-state index is 12.3. The van der Waals surface area contributed by atoms with Gasteiger partial charge in [0.15, 0.2) is 0 Å². The molecule has 1 unspecified atom stereocenters. The molecule has 142 valence electrons. The van der Waals surface area contributed by atoms with Gasteiger partial charge in [0.1, 0.15) is 12.4 Å². The van der Waals surface area contributed by atoms with E-state index in [9.17, 15) is 4.79 Å². The maximum Gasteiger partial charge on any atom is 0.319 e. The number of thiophene rings is 1. The molecule has 2 N–H and O–H groups in total. The fourth-order valence-electron chi connectivity index (χ4n) is 2.51. The third-order valence-electron chi connectivity index (χ3n) is 3.91. The van der Waals surface area contributed by atoms with Gasteiger partial charge in [0.25, 0.3) is 0 Å². The summed E-state index contributed by atoms with van der Waals surface area (Å²) < 4.78 is 5.72. The van der Waals surface area contributed by atoms with Crippen molar-refractivity contribution in [2.45, 2.75) is 12.6 Å². The highest BCUT2D eigenvalue weighted by Gasteiger charge is 2.16. The highest BCUT2D eigenvalue weighted by molar-refractivity contribution is 7.10. The van der Waals surface area contributed by atoms with E-state index in [0.717, 1.165) is 5.69 Å². The van der Waals surface area contributed by atoms with Crippen LogP contribution in [-0.2, 0) is 6.61 Å². The van der Waals surface area contributed by atoms with Crippen molar-refractivity contribution in [3.8, 4) is 5.75 Å². The first-order chi connectivity index (χ1) is 13.1. The number of rotatable bonds is 8. The first-order valence-corrected chi connectivity index (χ1v) is 10.3. The Morgan fingerprint density at radius 2 is 2.19 bits per heavy atom. The standard InChI is InChI=1S/C19H22N4O2S2/c1-23(2)17(18-7-4-8-27-18)10-20-19(24)22-14-5-3-6-16(9-14)25-11-15-12-26-13-21-15/h3-9,12-13,17H,10-11H2,1-2H3,(H2,20,22,24). The molecule has 0 saturated heterocycles. The molecular formula is C19H22N4O2S2. The molecule has 3 rings (SSSR count). The number of amides is 2. The van der Waals surface area contributed by atoms with Crippen molar-refractivity contribution in [2.75, 3.05) is 26.0 Å². The number of carbonyl (C=O) groups excluding carboxylic acids is 1. The Morgan fingerprint density at radius 3 is 2.89 bits per heavy atom. The van der Waals surface area contributed by atoms with Crippen LogP contribution in [0.4, 0.5) is 10.5 Å². The molecule has 0 saturated carbocycles. The van der Waals surface area contributed by atoms with Gasteiger partial charge in [0.05, 0.1) is 17.2 Å². The van der Waals surface area contributed by atoms with E-state index in [1.807, 2.05) is 49.1 Å². The van der Waals surface area contributed by atoms with Gasteiger partial charge < -0.3 is 20.3 Å². The summed E-state index contributed by atoms with van der Waals surface area (Å²) in [7, 11) is 4.01. The number of nitrogens with zero attached hydrogens (tertiary/aromatic N) is 2. The number of thiazole rings is 1. The van der Waals surface area contributed by atoms with Crippen molar-refractivity contribution in [3.63, 3.8) is 0 Å². The number of likely N-dealkylation sites (N-methyl/N-ethyl adjacent to an activating group) is 1. The molecule has 0 aliphatic heterocycles. The topological polar surface area (TPSA) is 66.5 Å². The van der Waals surface area contributed by atoms with Crippen LogP contribution < -0.4 is 15.4 Å². The SMILES string of the molecule is CN(C)C(CNC(=O)Nc1cccc(OCc2cscn2)c1)c1cccs1. The van der Waals surface area contributed by atoms with Crippen LogP contribution in [0, 0.1) is 0 Å². The van der Waals surface area contributed by atoms with E-state index in [0.29, 0.717) is 24.6 Å². The summed E-state index contributed by atoms with van der Waals surface area (Å²) in [6.07, 6.45) is 0. The molecule has 1 atom stereocenters. The number of nitrogens with one attached hydrogen (secondary N) is 2. The van der Waals surface area contributed by atoms with Crippen molar-refractivity contribution in [2.24, 2.45) is 0 Å². The van der Waals surface area contributed by atoms with Gasteiger partial charge in [0, 0.05) is 28.6 Å². The van der Waals surface area contributed by atoms with Crippen LogP contribution in [0.25, 0.3) is 0 Å². The van der Waals surface area contributed by atoms with E-state index in [2.05, 4.69) is 26.6 Å². The molecule has 1 aromatic carbocycles. The van der Waals surface area contributed by atoms with Gasteiger partial charge in [-0.15, -0.1) is 22.7 Å². The highest BCUT2D eigenvalue weighted by Crippen LogP contribution is 2.22. The number of benzene rings is 1. The fourth-order valence-corrected chi connectivity index (χ4v) is 3.98. The Hall–Kier alpha value is -2.42. The largest absolute Gasteiger partial charge is 0.487 e. The molecule has 0 radical (unpaired) electrons. The molecule has 2 aromatic heterocycles. The third kappa shape index (κ3) is 5.78. The zero-order valence-electron chi connectivity index (χ0n) is 15.2. The van der Waals surface area contributed by atoms with Gasteiger partial charge in [-0.05, 0) is 37.7 Å². The average molecular weight is 403 g/mol. The van der Waals surface area contributed by atoms with E-state index in [-0.39, 0.29) is 12.1 Å². The normalized spacial score (nSPS) is 12.0. The molecule has 0 aliphatic carbocycles. The summed E-state index contributed by atoms with van der Waals surface area (Å²) in [5.74, 6) is 0.686. The zero-order valence-corrected chi connectivity index (χ0v) is 16.8. The first kappa shape index (κ1) is 19.3. The van der Waals surface area contributed by atoms with Crippen LogP contribution in [0.5, 0.6) is 5.75 Å². The number of urea groups is 1. The molecule has 2 heterocycles. The first-order valence-electron chi connectivity index (χ1n) is 8.46. The highest BCUT2D eigenvalue weighted by atomic mass is 32.1. The minimum Gasteiger partial charge on any atom is -0.487 e. The lowest BCUT2D eigenvalue weighted by atomic mass is 10.2. The lowest BCUT2D eigenvalue weighted by molar-refractivity contribution is 0.244. The van der Waals surface area contributed by atoms with Crippen molar-refractivity contribution in [1.29, 1.82) is 0 Å². The zero-order chi connectivity index (χ0) is 19.1. The van der Waals surface area contributed by atoms with Crippen LogP contribution in [0.1, 0.15) is 16.6 Å². The summed E-state index contributed by atoms with van der Waals surface area (Å²) in [6.45, 7) is 0.934. The summed E-state index contributed by atoms with van der Waals surface area (Å²) in [4.78, 5) is 19.8. The Kier molecular flexibility index (Phi) is 6.80. The van der Waals surface area contributed by atoms with E-state index < -0.39 is 0 Å². The fraction of sp³-hybridized carbons (Fsp3) is 0.263. The van der Waals surface area contributed by atoms with Crippen LogP contribution in [0.15, 0.2) is 52.7 Å². The number of hydrogen-bond acceptors (Lipinski definition) is 6. The summed E-state index contributed by atoms with van der Waals surface area (Å²) in [5, 5.41) is 9.79. The second-order valence-corrected chi connectivity index (χ2v) is 7.82. The third-order valence-corrected chi connectivity index (χ3v) is 5.52. The molecule has 3 aromatic rings. The maximum absolute atomic E-state index is 12.3. The summed E-state index contributed by atoms with van der Waals surface area (Å²) >= 11 is 3.22. The molecule has 0 bridgehead atoms. The summed E-state index contributed by atoms with van der Waals surface area (Å²) in [5.41, 5.74) is 3.35. The Bertz CT molecular complexity index is 835. The van der Waals surface area contributed by atoms with E-state index >= 15 is 0 Å². The Morgan fingerprint density at radius 1 is 1.30 bits per heavy atom. The van der Waals surface area contributed by atoms with E-state index in [1.54, 1.807) is 22.9 Å². The number of hydrogen-bond donors (Lipinski definition) is 2. The Labute approximate surface area is 166 Å². The van der Waals surface area contributed by atoms with Crippen molar-refractivity contribution in [3.05, 3.63) is 63.2 Å². The van der Waals surface area contributed by atoms with E-state index in [4.69, 9.17) is 4.74 Å². The second-order valence-electron chi connectivity index (χ2n) is 6.13. The molecule has 0 aliphatic rings. The number of aromatic nitrogens is 1. The monoisotopic (exact) mass is 402 g/mol. The molecule has 27 heavy (non-hydrogen) atoms. The smallest absolute Gasteiger partial charge is 0.319 e. The van der Waals surface area contributed by atoms with Crippen molar-refractivity contribution in [1.82, 2.24) is 15.2 Å². The Balaban J connectivity index is 1.52. The van der Waals surface area contributed by atoms with Crippen LogP contribution in [0.3, 0.4) is 0 Å². The predicted molar refractivity (Wildman–Crippen MR) is 111 cm³/mol. The van der Waals surface area contributed by atoms with Gasteiger partial charge in [-0.3, -0.25) is 0 Å². The predicted octanol–water partition coefficient (Wildman–Crippen LogP) is 4.21. The van der Waals surface area contributed by atoms with Gasteiger partial charge in [-0.1, -0.05) is 12.1 Å². The lowest BCUT2D eigenvalue weighted by Crippen LogP contribution is -2.36. The van der Waals surface area contributed by atoms with Gasteiger partial charge >= 0.3 is 6.03 Å². The van der Waals surface area contributed by atoms with E-state index in [1.165, 1.54) is 16.2 Å². The quantitative estimate of drug-likeness (QED) is 0.592. The minimum absolute atomic E-state index is 0.142. The lowest BCUT2D eigenvalue weighted by Gasteiger charge is -2.23. The minimum atomic E-state index is -0.241. The number of carbonyl (C=O) groups is 1. The van der Waals surface area contributed by atoms with Gasteiger partial charge in [-0.25, -0.2) is 9.78 Å². The van der Waals surface area contributed by atoms with Crippen LogP contribution in [0.2, 0.25) is 0 Å². The van der Waals surface area contributed by atoms with Crippen LogP contribution >= 0.6 is 22.7 Å². The van der Waals surface area contributed by atoms with Crippen molar-refractivity contribution < 1.29 is 9.53 Å². The van der Waals surface area contributed by atoms with Crippen LogP contribution in [-0.4, -0.2) is 36.6 Å². The molecule has 2 amide bonds. The molecule has 0 spiro atoms. The average Bonchev–Trinajstić information content (AvgIpc) is 3.34. The molecular weight excluding hydrogens is 380 g/mol. The van der Waals surface area contributed by atoms with Gasteiger partial charge in [-0.2, -0.15) is 0 Å². The van der Waals surface area contributed by atoms with Gasteiger partial charge in [0.2, 0.25) is 0 Å². The number of anilines is 1. The summed E-state index contributed by atoms with van der Waals surface area (Å²) in [6, 6.07) is 11.3. The second kappa shape index (κ2) is 9.50. The van der Waals surface area contributed by atoms with Crippen molar-refractivity contribution >= 4 is 34.4 Å². The molecule has 8 heteroatoms.